The number of aliphatic hydroxyl groups excluding tert-OH is 4. The molecule has 0 aromatic heterocycles. The van der Waals surface area contributed by atoms with E-state index in [9.17, 15) is 30.3 Å². The Labute approximate surface area is 252 Å². The summed E-state index contributed by atoms with van der Waals surface area (Å²) in [5.74, 6) is -0.962. The molecule has 2 heterocycles. The summed E-state index contributed by atoms with van der Waals surface area (Å²) in [6.45, 7) is 2.24. The number of ether oxygens (including phenoxy) is 4. The smallest absolute Gasteiger partial charge is 0.215 e. The lowest BCUT2D eigenvalue weighted by molar-refractivity contribution is -0.308. The molecule has 250 valence electrons. The van der Waals surface area contributed by atoms with Crippen molar-refractivity contribution in [2.45, 2.75) is 106 Å². The van der Waals surface area contributed by atoms with Gasteiger partial charge in [-0.05, 0) is 58.3 Å². The molecule has 43 heavy (non-hydrogen) atoms. The molecule has 16 heteroatoms. The molecule has 16 nitrogen and oxygen atoms in total. The molecule has 0 bridgehead atoms. The van der Waals surface area contributed by atoms with Crippen molar-refractivity contribution in [3.05, 3.63) is 11.8 Å². The number of ketones is 1. The van der Waals surface area contributed by atoms with E-state index in [0.29, 0.717) is 25.3 Å². The van der Waals surface area contributed by atoms with Gasteiger partial charge in [-0.2, -0.15) is 0 Å². The molecule has 13 atom stereocenters. The van der Waals surface area contributed by atoms with Crippen molar-refractivity contribution in [1.82, 2.24) is 10.6 Å². The summed E-state index contributed by atoms with van der Waals surface area (Å²) in [5.41, 5.74) is 21.9. The molecule has 0 radical (unpaired) electrons. The highest BCUT2D eigenvalue weighted by Gasteiger charge is 2.52. The molecule has 0 amide bonds. The van der Waals surface area contributed by atoms with Gasteiger partial charge < -0.3 is 78.0 Å². The van der Waals surface area contributed by atoms with Crippen molar-refractivity contribution < 1.29 is 49.3 Å². The first kappa shape index (κ1) is 36.1. The van der Waals surface area contributed by atoms with Gasteiger partial charge in [-0.15, -0.1) is 0 Å². The van der Waals surface area contributed by atoms with E-state index in [4.69, 9.17) is 41.9 Å². The molecule has 0 spiro atoms. The van der Waals surface area contributed by atoms with Crippen molar-refractivity contribution >= 4 is 5.78 Å². The van der Waals surface area contributed by atoms with E-state index in [0.717, 1.165) is 6.42 Å². The maximum atomic E-state index is 12.9. The van der Waals surface area contributed by atoms with E-state index in [1.54, 1.807) is 7.05 Å². The number of Topliss-reactive ketones (excluding diaryl/α,β-unsaturated/α-hetero) is 1. The average molecular weight is 621 g/mol. The fourth-order valence-electron chi connectivity index (χ4n) is 5.98. The zero-order valence-electron chi connectivity index (χ0n) is 25.0. The number of hydrogen-bond acceptors (Lipinski definition) is 16. The number of likely N-dealkylation sites (N-methyl/N-ethyl adjacent to an activating group) is 1. The van der Waals surface area contributed by atoms with Crippen LogP contribution >= 0.6 is 0 Å². The average Bonchev–Trinajstić information content (AvgIpc) is 2.98. The van der Waals surface area contributed by atoms with Crippen LogP contribution in [0.4, 0.5) is 0 Å². The number of carbonyl (C=O) groups excluding carboxylic acids is 1. The van der Waals surface area contributed by atoms with Crippen LogP contribution in [0.25, 0.3) is 0 Å². The van der Waals surface area contributed by atoms with Gasteiger partial charge in [0.05, 0.1) is 37.4 Å². The van der Waals surface area contributed by atoms with Crippen LogP contribution in [0.1, 0.15) is 32.6 Å². The Morgan fingerprint density at radius 3 is 2.49 bits per heavy atom. The largest absolute Gasteiger partial charge is 0.467 e. The van der Waals surface area contributed by atoms with Gasteiger partial charge in [-0.1, -0.05) is 0 Å². The summed E-state index contributed by atoms with van der Waals surface area (Å²) in [5, 5.41) is 59.7. The number of aliphatic hydroxyl groups is 5. The standard InChI is InChI=1S/C27H52N6O10/c1-27(39)12-40-26(21(38)24(27)32-2)42-22-13(9-17(34)19(36)18(35)11-30)8-15(31)23(20(22)37)43-25-16(33-7-3-6-28)5-4-14(10-29)41-25/h4,13,15-16,18-26,32-33,35-39H,3,5-12,28-31H2,1-2H3/t13-,15-,16+,18?,19?,20+,21+,22-,23?,24+,25+,26+,27-/m0/s1. The molecule has 0 aromatic rings. The fourth-order valence-corrected chi connectivity index (χ4v) is 5.98. The number of nitrogens with two attached hydrogens (primary N) is 4. The van der Waals surface area contributed by atoms with Gasteiger partial charge in [0.25, 0.3) is 0 Å². The van der Waals surface area contributed by atoms with Crippen molar-refractivity contribution in [1.29, 1.82) is 0 Å². The van der Waals surface area contributed by atoms with Gasteiger partial charge in [0.15, 0.2) is 12.1 Å². The first-order valence-electron chi connectivity index (χ1n) is 14.9. The molecule has 3 rings (SSSR count). The highest BCUT2D eigenvalue weighted by molar-refractivity contribution is 5.83. The minimum Gasteiger partial charge on any atom is -0.467 e. The summed E-state index contributed by atoms with van der Waals surface area (Å²) in [6, 6.07) is -1.93. The van der Waals surface area contributed by atoms with Crippen LogP contribution in [0.15, 0.2) is 11.8 Å². The molecular formula is C27H52N6O10. The molecular weight excluding hydrogens is 568 g/mol. The fraction of sp³-hybridized carbons (Fsp3) is 0.889. The monoisotopic (exact) mass is 620 g/mol. The number of hydrogen-bond donors (Lipinski definition) is 11. The molecule has 2 fully saturated rings. The van der Waals surface area contributed by atoms with E-state index in [1.165, 1.54) is 6.92 Å². The first-order valence-corrected chi connectivity index (χ1v) is 14.9. The molecule has 1 saturated carbocycles. The van der Waals surface area contributed by atoms with Gasteiger partial charge >= 0.3 is 0 Å². The summed E-state index contributed by atoms with van der Waals surface area (Å²) in [4.78, 5) is 12.9. The summed E-state index contributed by atoms with van der Waals surface area (Å²) < 4.78 is 24.1. The lowest BCUT2D eigenvalue weighted by atomic mass is 9.76. The maximum Gasteiger partial charge on any atom is 0.215 e. The lowest BCUT2D eigenvalue weighted by Gasteiger charge is -2.49. The van der Waals surface area contributed by atoms with Crippen LogP contribution in [-0.4, -0.2) is 144 Å². The summed E-state index contributed by atoms with van der Waals surface area (Å²) in [7, 11) is 1.57. The van der Waals surface area contributed by atoms with Gasteiger partial charge in [0.2, 0.25) is 6.29 Å². The molecule has 3 unspecified atom stereocenters. The Hall–Kier alpha value is -1.35. The predicted octanol–water partition coefficient (Wildman–Crippen LogP) is -4.94. The maximum absolute atomic E-state index is 12.9. The van der Waals surface area contributed by atoms with Crippen LogP contribution in [0.5, 0.6) is 0 Å². The van der Waals surface area contributed by atoms with E-state index in [-0.39, 0.29) is 38.6 Å². The second-order valence-corrected chi connectivity index (χ2v) is 11.9. The Morgan fingerprint density at radius 1 is 1.16 bits per heavy atom. The van der Waals surface area contributed by atoms with E-state index >= 15 is 0 Å². The molecule has 15 N–H and O–H groups in total. The topological polar surface area (TPSA) is 283 Å². The summed E-state index contributed by atoms with van der Waals surface area (Å²) in [6.07, 6.45) is -7.47. The van der Waals surface area contributed by atoms with Crippen LogP contribution in [0.3, 0.4) is 0 Å². The zero-order chi connectivity index (χ0) is 31.9. The Bertz CT molecular complexity index is 915. The number of nitrogens with one attached hydrogen (secondary N) is 2. The number of carbonyl (C=O) groups is 1. The first-order chi connectivity index (χ1) is 20.4. The minimum atomic E-state index is -1.74. The van der Waals surface area contributed by atoms with E-state index in [2.05, 4.69) is 10.6 Å². The molecule has 1 aliphatic carbocycles. The van der Waals surface area contributed by atoms with E-state index in [1.807, 2.05) is 6.08 Å². The van der Waals surface area contributed by atoms with Crippen LogP contribution < -0.4 is 33.6 Å². The van der Waals surface area contributed by atoms with Gasteiger partial charge in [-0.25, -0.2) is 0 Å². The predicted molar refractivity (Wildman–Crippen MR) is 154 cm³/mol. The molecule has 3 aliphatic rings. The third kappa shape index (κ3) is 8.89. The Kier molecular flexibility index (Phi) is 13.7. The highest BCUT2D eigenvalue weighted by atomic mass is 16.7. The third-order valence-electron chi connectivity index (χ3n) is 8.44. The van der Waals surface area contributed by atoms with Gasteiger partial charge in [-0.3, -0.25) is 4.79 Å². The van der Waals surface area contributed by atoms with Crippen molar-refractivity contribution in [3.63, 3.8) is 0 Å². The second kappa shape index (κ2) is 16.3. The van der Waals surface area contributed by atoms with E-state index < -0.39 is 78.6 Å². The lowest BCUT2D eigenvalue weighted by Crippen LogP contribution is -2.67. The molecule has 1 saturated heterocycles. The van der Waals surface area contributed by atoms with Gasteiger partial charge in [0, 0.05) is 19.0 Å². The SMILES string of the molecule is CN[C@@H]1[C@@H](O)[C@@H](O[C@H]2[C@H](CC(=O)C(O)C(O)CN)C[C@H](N)C(O[C@H]3OC(CN)=CC[C@H]3NCCCN)[C@@H]2O)OC[C@]1(C)O. The Balaban J connectivity index is 1.85. The minimum absolute atomic E-state index is 0.108. The van der Waals surface area contributed by atoms with Crippen molar-refractivity contribution in [2.24, 2.45) is 28.9 Å². The van der Waals surface area contributed by atoms with Crippen molar-refractivity contribution in [2.75, 3.05) is 39.8 Å². The summed E-state index contributed by atoms with van der Waals surface area (Å²) >= 11 is 0. The Morgan fingerprint density at radius 2 is 1.86 bits per heavy atom. The molecule has 0 aromatic carbocycles. The molecule has 2 aliphatic heterocycles. The van der Waals surface area contributed by atoms with Crippen molar-refractivity contribution in [3.8, 4) is 0 Å². The van der Waals surface area contributed by atoms with Crippen LogP contribution in [0, 0.1) is 5.92 Å². The number of rotatable bonds is 15. The normalized spacial score (nSPS) is 39.9. The van der Waals surface area contributed by atoms with Gasteiger partial charge in [0.1, 0.15) is 35.8 Å². The third-order valence-corrected chi connectivity index (χ3v) is 8.44. The van der Waals surface area contributed by atoms with Crippen LogP contribution in [0.2, 0.25) is 0 Å². The highest BCUT2D eigenvalue weighted by Crippen LogP contribution is 2.36. The second-order valence-electron chi connectivity index (χ2n) is 11.9. The van der Waals surface area contributed by atoms with Crippen LogP contribution in [-0.2, 0) is 23.7 Å². The quantitative estimate of drug-likeness (QED) is 0.0765. The zero-order valence-corrected chi connectivity index (χ0v) is 25.0.